The fourth-order valence-corrected chi connectivity index (χ4v) is 5.26. The molecule has 0 spiro atoms. The molecule has 184 valence electrons. The molecule has 3 rings (SSSR count). The number of ether oxygens (including phenoxy) is 1. The Hall–Kier alpha value is -3.15. The molecule has 2 heterocycles. The summed E-state index contributed by atoms with van der Waals surface area (Å²) in [5, 5.41) is 12.6. The van der Waals surface area contributed by atoms with Gasteiger partial charge in [0.25, 0.3) is 5.91 Å². The fourth-order valence-electron chi connectivity index (χ4n) is 3.15. The molecule has 0 fully saturated rings. The number of aromatic nitrogens is 3. The molecule has 0 bridgehead atoms. The number of thiophene rings is 1. The molecule has 1 aromatic carbocycles. The van der Waals surface area contributed by atoms with Crippen LogP contribution >= 0.6 is 34.7 Å². The van der Waals surface area contributed by atoms with E-state index >= 15 is 0 Å². The minimum atomic E-state index is -0.627. The van der Waals surface area contributed by atoms with Crippen molar-refractivity contribution in [2.24, 2.45) is 0 Å². The van der Waals surface area contributed by atoms with Crippen LogP contribution in [0.3, 0.4) is 0 Å². The molecule has 35 heavy (non-hydrogen) atoms. The number of carbonyl (C=O) groups is 3. The first-order valence-corrected chi connectivity index (χ1v) is 12.5. The van der Waals surface area contributed by atoms with Crippen LogP contribution in [0.15, 0.2) is 42.1 Å². The van der Waals surface area contributed by atoms with Crippen molar-refractivity contribution in [3.63, 3.8) is 0 Å². The largest absolute Gasteiger partial charge is 0.465 e. The molecule has 0 saturated carbocycles. The van der Waals surface area contributed by atoms with Gasteiger partial charge in [-0.05, 0) is 36.8 Å². The quantitative estimate of drug-likeness (QED) is 0.247. The molecule has 0 aliphatic heterocycles. The van der Waals surface area contributed by atoms with Crippen molar-refractivity contribution in [2.75, 3.05) is 32.3 Å². The van der Waals surface area contributed by atoms with E-state index in [0.29, 0.717) is 33.0 Å². The van der Waals surface area contributed by atoms with E-state index in [1.54, 1.807) is 39.2 Å². The first-order valence-electron chi connectivity index (χ1n) is 10.3. The Morgan fingerprint density at radius 1 is 1.26 bits per heavy atom. The summed E-state index contributed by atoms with van der Waals surface area (Å²) in [5.74, 6) is -0.632. The van der Waals surface area contributed by atoms with Crippen LogP contribution in [0.2, 0.25) is 5.02 Å². The lowest BCUT2D eigenvalue weighted by molar-refractivity contribution is -0.113. The van der Waals surface area contributed by atoms with E-state index in [1.165, 1.54) is 23.8 Å². The number of anilines is 1. The van der Waals surface area contributed by atoms with Crippen LogP contribution in [0.4, 0.5) is 5.00 Å². The number of nitrogens with zero attached hydrogens (tertiary/aromatic N) is 4. The van der Waals surface area contributed by atoms with Gasteiger partial charge in [0.05, 0.1) is 23.3 Å². The van der Waals surface area contributed by atoms with Crippen LogP contribution in [-0.4, -0.2) is 64.4 Å². The van der Waals surface area contributed by atoms with E-state index in [0.717, 1.165) is 16.9 Å². The van der Waals surface area contributed by atoms with E-state index in [2.05, 4.69) is 22.1 Å². The summed E-state index contributed by atoms with van der Waals surface area (Å²) in [7, 11) is 4.48. The van der Waals surface area contributed by atoms with Crippen molar-refractivity contribution in [3.05, 3.63) is 57.9 Å². The zero-order valence-electron chi connectivity index (χ0n) is 19.6. The van der Waals surface area contributed by atoms with Gasteiger partial charge in [0.1, 0.15) is 5.00 Å². The number of rotatable bonds is 9. The molecule has 1 N–H and O–H groups in total. The highest BCUT2D eigenvalue weighted by atomic mass is 35.5. The van der Waals surface area contributed by atoms with Crippen LogP contribution in [0.5, 0.6) is 0 Å². The van der Waals surface area contributed by atoms with Gasteiger partial charge in [0.15, 0.2) is 11.0 Å². The lowest BCUT2D eigenvalue weighted by atomic mass is 10.1. The van der Waals surface area contributed by atoms with Gasteiger partial charge in [-0.1, -0.05) is 29.4 Å². The molecule has 0 aliphatic carbocycles. The summed E-state index contributed by atoms with van der Waals surface area (Å²) in [4.78, 5) is 39.4. The lowest BCUT2D eigenvalue weighted by Crippen LogP contribution is -2.21. The van der Waals surface area contributed by atoms with Crippen molar-refractivity contribution in [1.29, 1.82) is 0 Å². The third-order valence-electron chi connectivity index (χ3n) is 4.85. The van der Waals surface area contributed by atoms with Crippen molar-refractivity contribution in [3.8, 4) is 11.4 Å². The average Bonchev–Trinajstić information content (AvgIpc) is 3.37. The van der Waals surface area contributed by atoms with E-state index in [1.807, 2.05) is 16.7 Å². The number of esters is 1. The minimum Gasteiger partial charge on any atom is -0.465 e. The van der Waals surface area contributed by atoms with Crippen molar-refractivity contribution in [2.45, 2.75) is 18.6 Å². The Labute approximate surface area is 216 Å². The van der Waals surface area contributed by atoms with Gasteiger partial charge < -0.3 is 15.0 Å². The van der Waals surface area contributed by atoms with Gasteiger partial charge in [-0.25, -0.2) is 4.79 Å². The number of carbonyl (C=O) groups excluding carboxylic acids is 3. The maximum Gasteiger partial charge on any atom is 0.341 e. The van der Waals surface area contributed by atoms with Gasteiger partial charge in [0.2, 0.25) is 5.91 Å². The molecule has 0 atom stereocenters. The first-order chi connectivity index (χ1) is 16.7. The summed E-state index contributed by atoms with van der Waals surface area (Å²) in [5.41, 5.74) is 1.46. The van der Waals surface area contributed by atoms with Gasteiger partial charge >= 0.3 is 5.97 Å². The molecule has 0 radical (unpaired) electrons. The maximum atomic E-state index is 12.8. The second-order valence-corrected chi connectivity index (χ2v) is 9.90. The zero-order chi connectivity index (χ0) is 25.7. The fraction of sp³-hybridized carbons (Fsp3) is 0.261. The Morgan fingerprint density at radius 2 is 1.94 bits per heavy atom. The Bertz CT molecular complexity index is 1270. The molecule has 0 saturated heterocycles. The number of hydrogen-bond donors (Lipinski definition) is 1. The SMILES string of the molecule is C=CCn1c(SCC(=O)Nc2sc(C(=O)N(C)C)c(C)c2C(=O)OC)nnc1-c1ccc(Cl)cc1. The summed E-state index contributed by atoms with van der Waals surface area (Å²) < 4.78 is 6.71. The average molecular weight is 534 g/mol. The Balaban J connectivity index is 1.80. The molecule has 2 aromatic heterocycles. The molecule has 9 nitrogen and oxygen atoms in total. The van der Waals surface area contributed by atoms with Crippen molar-refractivity contribution >= 4 is 57.5 Å². The van der Waals surface area contributed by atoms with Gasteiger partial charge in [-0.2, -0.15) is 0 Å². The number of hydrogen-bond acceptors (Lipinski definition) is 8. The highest BCUT2D eigenvalue weighted by Crippen LogP contribution is 2.34. The number of allylic oxidation sites excluding steroid dienone is 1. The third-order valence-corrected chi connectivity index (χ3v) is 7.27. The zero-order valence-corrected chi connectivity index (χ0v) is 22.0. The highest BCUT2D eigenvalue weighted by Gasteiger charge is 2.27. The summed E-state index contributed by atoms with van der Waals surface area (Å²) in [6.07, 6.45) is 1.72. The molecule has 0 aliphatic rings. The summed E-state index contributed by atoms with van der Waals surface area (Å²) in [6.45, 7) is 5.89. The molecule has 0 unspecified atom stereocenters. The van der Waals surface area contributed by atoms with E-state index in [4.69, 9.17) is 16.3 Å². The predicted octanol–water partition coefficient (Wildman–Crippen LogP) is 4.37. The smallest absolute Gasteiger partial charge is 0.341 e. The predicted molar refractivity (Wildman–Crippen MR) is 138 cm³/mol. The second kappa shape index (κ2) is 11.5. The molecule has 12 heteroatoms. The first kappa shape index (κ1) is 26.5. The Morgan fingerprint density at radius 3 is 2.54 bits per heavy atom. The van der Waals surface area contributed by atoms with Crippen molar-refractivity contribution < 1.29 is 19.1 Å². The number of benzene rings is 1. The number of amides is 2. The van der Waals surface area contributed by atoms with E-state index < -0.39 is 5.97 Å². The number of thioether (sulfide) groups is 1. The topological polar surface area (TPSA) is 106 Å². The summed E-state index contributed by atoms with van der Waals surface area (Å²) >= 11 is 8.22. The molecule has 2 amide bonds. The highest BCUT2D eigenvalue weighted by molar-refractivity contribution is 7.99. The van der Waals surface area contributed by atoms with Crippen LogP contribution in [0.25, 0.3) is 11.4 Å². The molecular formula is C23H24ClN5O4S2. The van der Waals surface area contributed by atoms with E-state index in [9.17, 15) is 14.4 Å². The van der Waals surface area contributed by atoms with Crippen LogP contribution in [0, 0.1) is 6.92 Å². The number of nitrogens with one attached hydrogen (secondary N) is 1. The maximum absolute atomic E-state index is 12.8. The van der Waals surface area contributed by atoms with E-state index in [-0.39, 0.29) is 28.1 Å². The normalized spacial score (nSPS) is 10.7. The standard InChI is InChI=1S/C23H24ClN5O4S2/c1-6-11-29-19(14-7-9-15(24)10-8-14)26-27-23(29)34-12-16(30)25-20-17(22(32)33-5)13(2)18(35-20)21(31)28(3)4/h6-10H,1,11-12H2,2-5H3,(H,25,30). The van der Waals surface area contributed by atoms with Crippen LogP contribution < -0.4 is 5.32 Å². The number of methoxy groups -OCH3 is 1. The number of halogens is 1. The molecular weight excluding hydrogens is 510 g/mol. The third kappa shape index (κ3) is 5.92. The van der Waals surface area contributed by atoms with Crippen molar-refractivity contribution in [1.82, 2.24) is 19.7 Å². The van der Waals surface area contributed by atoms with Crippen LogP contribution in [0.1, 0.15) is 25.6 Å². The van der Waals surface area contributed by atoms with Crippen LogP contribution in [-0.2, 0) is 16.1 Å². The van der Waals surface area contributed by atoms with Gasteiger partial charge in [-0.3, -0.25) is 14.2 Å². The van der Waals surface area contributed by atoms with Gasteiger partial charge in [0, 0.05) is 31.2 Å². The molecule has 3 aromatic rings. The second-order valence-electron chi connectivity index (χ2n) is 7.50. The summed E-state index contributed by atoms with van der Waals surface area (Å²) in [6, 6.07) is 7.21. The Kier molecular flexibility index (Phi) is 8.71. The monoisotopic (exact) mass is 533 g/mol. The van der Waals surface area contributed by atoms with Gasteiger partial charge in [-0.15, -0.1) is 28.1 Å². The lowest BCUT2D eigenvalue weighted by Gasteiger charge is -2.08. The minimum absolute atomic E-state index is 0.00438.